The van der Waals surface area contributed by atoms with Crippen molar-refractivity contribution < 1.29 is 14.5 Å². The summed E-state index contributed by atoms with van der Waals surface area (Å²) in [5, 5.41) is 10.6. The Balaban J connectivity index is 3.03. The predicted octanol–water partition coefficient (Wildman–Crippen LogP) is 2.53. The number of carbonyl (C=O) groups excluding carboxylic acids is 1. The molecule has 0 N–H and O–H groups in total. The molecule has 0 heterocycles. The normalized spacial score (nSPS) is 11.9. The molecule has 0 amide bonds. The summed E-state index contributed by atoms with van der Waals surface area (Å²) in [5.74, 6) is -0.677. The topological polar surface area (TPSA) is 69.4 Å². The van der Waals surface area contributed by atoms with Gasteiger partial charge < -0.3 is 4.74 Å². The van der Waals surface area contributed by atoms with E-state index in [1.165, 1.54) is 18.2 Å². The molecule has 1 aromatic carbocycles. The number of esters is 1. The lowest BCUT2D eigenvalue weighted by atomic mass is 10.2. The van der Waals surface area contributed by atoms with Crippen molar-refractivity contribution in [2.24, 2.45) is 0 Å². The first kappa shape index (κ1) is 11.9. The third kappa shape index (κ3) is 3.15. The van der Waals surface area contributed by atoms with Crippen LogP contribution in [0.25, 0.3) is 0 Å². The molecule has 6 heteroatoms. The standard InChI is InChI=1S/C9H8INO4/c1-6(10)15-9(12)7-4-2-3-5-8(7)11(13)14/h2-6H,1H3. The fraction of sp³-hybridized carbons (Fsp3) is 0.222. The van der Waals surface area contributed by atoms with E-state index in [4.69, 9.17) is 4.74 Å². The van der Waals surface area contributed by atoms with Crippen molar-refractivity contribution in [3.8, 4) is 0 Å². The Labute approximate surface area is 99.7 Å². The minimum atomic E-state index is -0.677. The maximum Gasteiger partial charge on any atom is 0.346 e. The number of benzene rings is 1. The first-order valence-corrected chi connectivity index (χ1v) is 5.35. The lowest BCUT2D eigenvalue weighted by Gasteiger charge is -2.06. The Kier molecular flexibility index (Phi) is 4.01. The largest absolute Gasteiger partial charge is 0.448 e. The fourth-order valence-corrected chi connectivity index (χ4v) is 1.25. The third-order valence-electron chi connectivity index (χ3n) is 1.59. The van der Waals surface area contributed by atoms with Gasteiger partial charge in [0.05, 0.1) is 4.92 Å². The Morgan fingerprint density at radius 3 is 2.67 bits per heavy atom. The SMILES string of the molecule is CC(I)OC(=O)c1ccccc1[N+](=O)[O-]. The maximum absolute atomic E-state index is 11.4. The molecule has 15 heavy (non-hydrogen) atoms. The number of nitrogens with zero attached hydrogens (tertiary/aromatic N) is 1. The summed E-state index contributed by atoms with van der Waals surface area (Å²) in [4.78, 5) is 21.5. The molecule has 0 spiro atoms. The summed E-state index contributed by atoms with van der Waals surface area (Å²) in [6.07, 6.45) is 0. The number of nitro benzene ring substituents is 1. The minimum absolute atomic E-state index is 0.0222. The van der Waals surface area contributed by atoms with Gasteiger partial charge in [0.25, 0.3) is 5.69 Å². The number of para-hydroxylation sites is 1. The zero-order valence-corrected chi connectivity index (χ0v) is 10.0. The summed E-state index contributed by atoms with van der Waals surface area (Å²) in [6, 6.07) is 5.71. The van der Waals surface area contributed by atoms with Crippen LogP contribution >= 0.6 is 22.6 Å². The number of hydrogen-bond acceptors (Lipinski definition) is 4. The smallest absolute Gasteiger partial charge is 0.346 e. The Morgan fingerprint density at radius 2 is 2.13 bits per heavy atom. The quantitative estimate of drug-likeness (QED) is 0.282. The van der Waals surface area contributed by atoms with E-state index in [0.29, 0.717) is 0 Å². The summed E-state index contributed by atoms with van der Waals surface area (Å²) in [5.41, 5.74) is -0.259. The number of ether oxygens (including phenoxy) is 1. The number of hydrogen-bond donors (Lipinski definition) is 0. The molecule has 0 radical (unpaired) electrons. The van der Waals surface area contributed by atoms with Crippen LogP contribution in [0.3, 0.4) is 0 Å². The van der Waals surface area contributed by atoms with E-state index in [-0.39, 0.29) is 15.4 Å². The molecule has 0 aromatic heterocycles. The predicted molar refractivity (Wildman–Crippen MR) is 62.0 cm³/mol. The van der Waals surface area contributed by atoms with Gasteiger partial charge in [0.15, 0.2) is 0 Å². The molecule has 1 aromatic rings. The highest BCUT2D eigenvalue weighted by atomic mass is 127. The monoisotopic (exact) mass is 321 g/mol. The van der Waals surface area contributed by atoms with Crippen LogP contribution in [0.5, 0.6) is 0 Å². The van der Waals surface area contributed by atoms with Gasteiger partial charge in [-0.15, -0.1) is 0 Å². The first-order chi connectivity index (χ1) is 7.02. The van der Waals surface area contributed by atoms with Crippen molar-refractivity contribution in [3.63, 3.8) is 0 Å². The summed E-state index contributed by atoms with van der Waals surface area (Å²) >= 11 is 1.90. The Bertz CT molecular complexity index is 391. The Hall–Kier alpha value is -1.18. The van der Waals surface area contributed by atoms with E-state index < -0.39 is 10.9 Å². The molecule has 1 unspecified atom stereocenters. The highest BCUT2D eigenvalue weighted by molar-refractivity contribution is 14.1. The second-order valence-corrected chi connectivity index (χ2v) is 4.48. The molecule has 0 fully saturated rings. The van der Waals surface area contributed by atoms with E-state index in [1.54, 1.807) is 13.0 Å². The number of nitro groups is 1. The van der Waals surface area contributed by atoms with Gasteiger partial charge in [-0.2, -0.15) is 0 Å². The molecule has 1 atom stereocenters. The number of carbonyl (C=O) groups is 1. The molecule has 0 saturated carbocycles. The van der Waals surface area contributed by atoms with Crippen LogP contribution in [-0.4, -0.2) is 15.0 Å². The maximum atomic E-state index is 11.4. The van der Waals surface area contributed by atoms with Gasteiger partial charge in [-0.25, -0.2) is 4.79 Å². The highest BCUT2D eigenvalue weighted by Gasteiger charge is 2.21. The van der Waals surface area contributed by atoms with Crippen molar-refractivity contribution in [3.05, 3.63) is 39.9 Å². The van der Waals surface area contributed by atoms with Gasteiger partial charge in [0.2, 0.25) is 0 Å². The van der Waals surface area contributed by atoms with Crippen molar-refractivity contribution in [1.29, 1.82) is 0 Å². The number of halogens is 1. The second kappa shape index (κ2) is 5.06. The summed E-state index contributed by atoms with van der Waals surface area (Å²) in [6.45, 7) is 1.67. The van der Waals surface area contributed by atoms with Gasteiger partial charge in [0, 0.05) is 6.07 Å². The summed E-state index contributed by atoms with van der Waals surface area (Å²) < 4.78 is 4.55. The lowest BCUT2D eigenvalue weighted by molar-refractivity contribution is -0.385. The van der Waals surface area contributed by atoms with Gasteiger partial charge >= 0.3 is 5.97 Å². The van der Waals surface area contributed by atoms with E-state index in [1.807, 2.05) is 22.6 Å². The molecular formula is C9H8INO4. The van der Waals surface area contributed by atoms with Crippen LogP contribution in [0.15, 0.2) is 24.3 Å². The first-order valence-electron chi connectivity index (χ1n) is 4.11. The third-order valence-corrected chi connectivity index (χ3v) is 1.84. The second-order valence-electron chi connectivity index (χ2n) is 2.72. The average Bonchev–Trinajstić information content (AvgIpc) is 2.16. The van der Waals surface area contributed by atoms with Crippen LogP contribution in [0.1, 0.15) is 17.3 Å². The molecule has 5 nitrogen and oxygen atoms in total. The lowest BCUT2D eigenvalue weighted by Crippen LogP contribution is -2.11. The number of rotatable bonds is 3. The summed E-state index contributed by atoms with van der Waals surface area (Å²) in [7, 11) is 0. The molecule has 80 valence electrons. The van der Waals surface area contributed by atoms with Crippen LogP contribution in [0.4, 0.5) is 5.69 Å². The van der Waals surface area contributed by atoms with E-state index in [0.717, 1.165) is 0 Å². The van der Waals surface area contributed by atoms with Crippen LogP contribution in [0.2, 0.25) is 0 Å². The molecule has 0 aliphatic heterocycles. The molecule has 0 bridgehead atoms. The Morgan fingerprint density at radius 1 is 1.53 bits per heavy atom. The number of alkyl halides is 1. The van der Waals surface area contributed by atoms with Gasteiger partial charge in [-0.3, -0.25) is 10.1 Å². The van der Waals surface area contributed by atoms with Gasteiger partial charge in [-0.05, 0) is 35.6 Å². The molecule has 1 rings (SSSR count). The molecular weight excluding hydrogens is 313 g/mol. The fourth-order valence-electron chi connectivity index (χ4n) is 1.02. The van der Waals surface area contributed by atoms with Crippen LogP contribution in [0, 0.1) is 10.1 Å². The van der Waals surface area contributed by atoms with Crippen LogP contribution < -0.4 is 0 Å². The van der Waals surface area contributed by atoms with Gasteiger partial charge in [-0.1, -0.05) is 12.1 Å². The van der Waals surface area contributed by atoms with Crippen molar-refractivity contribution in [2.75, 3.05) is 0 Å². The van der Waals surface area contributed by atoms with Crippen molar-refractivity contribution in [1.82, 2.24) is 0 Å². The van der Waals surface area contributed by atoms with E-state index >= 15 is 0 Å². The van der Waals surface area contributed by atoms with E-state index in [9.17, 15) is 14.9 Å². The van der Waals surface area contributed by atoms with Crippen molar-refractivity contribution >= 4 is 34.2 Å². The average molecular weight is 321 g/mol. The highest BCUT2D eigenvalue weighted by Crippen LogP contribution is 2.19. The van der Waals surface area contributed by atoms with Gasteiger partial charge in [0.1, 0.15) is 9.67 Å². The van der Waals surface area contributed by atoms with Crippen LogP contribution in [-0.2, 0) is 4.74 Å². The molecule has 0 aliphatic rings. The zero-order valence-electron chi connectivity index (χ0n) is 7.84. The van der Waals surface area contributed by atoms with E-state index in [2.05, 4.69) is 0 Å². The molecule has 0 saturated heterocycles. The zero-order chi connectivity index (χ0) is 11.4. The van der Waals surface area contributed by atoms with Crippen molar-refractivity contribution in [2.45, 2.75) is 11.0 Å². The minimum Gasteiger partial charge on any atom is -0.448 e. The molecule has 0 aliphatic carbocycles.